The smallest absolute Gasteiger partial charge is 0.323 e. The molecule has 0 bridgehead atoms. The van der Waals surface area contributed by atoms with Crippen LogP contribution >= 0.6 is 11.6 Å². The molecule has 2 aromatic rings. The van der Waals surface area contributed by atoms with Crippen LogP contribution in [0.15, 0.2) is 24.5 Å². The molecule has 2 aromatic heterocycles. The van der Waals surface area contributed by atoms with Crippen LogP contribution in [-0.2, 0) is 11.3 Å². The summed E-state index contributed by atoms with van der Waals surface area (Å²) in [6.45, 7) is 2.23. The largest absolute Gasteiger partial charge is 0.325 e. The highest BCUT2D eigenvalue weighted by atomic mass is 35.5. The molecule has 3 amide bonds. The fourth-order valence-corrected chi connectivity index (χ4v) is 4.06. The zero-order valence-electron chi connectivity index (χ0n) is 13.5. The third kappa shape index (κ3) is 2.28. The van der Waals surface area contributed by atoms with E-state index < -0.39 is 5.54 Å². The number of fused-ring (bicyclic) bond motifs is 1. The van der Waals surface area contributed by atoms with Crippen LogP contribution in [0.1, 0.15) is 38.3 Å². The van der Waals surface area contributed by atoms with E-state index in [0.29, 0.717) is 10.7 Å². The Morgan fingerprint density at radius 2 is 2.17 bits per heavy atom. The Bertz CT molecular complexity index is 833. The SMILES string of the molecule is C[C@H]1CCCC[C@@]12NC(=O)N(Cc1cn3cc(Cl)ccc3n1)C2=O. The van der Waals surface area contributed by atoms with E-state index in [0.717, 1.165) is 31.3 Å². The monoisotopic (exact) mass is 346 g/mol. The molecule has 4 rings (SSSR count). The number of carbonyl (C=O) groups excluding carboxylic acids is 2. The number of hydrogen-bond acceptors (Lipinski definition) is 3. The summed E-state index contributed by atoms with van der Waals surface area (Å²) >= 11 is 5.98. The molecule has 126 valence electrons. The molecule has 1 saturated heterocycles. The Kier molecular flexibility index (Phi) is 3.53. The first-order valence-corrected chi connectivity index (χ1v) is 8.65. The standard InChI is InChI=1S/C17H19ClN4O2/c1-11-4-2-3-7-17(11)15(23)22(16(24)20-17)10-13-9-21-8-12(18)5-6-14(21)19-13/h5-6,8-9,11H,2-4,7,10H2,1H3,(H,20,24)/t11-,17+/m0/s1. The molecule has 0 unspecified atom stereocenters. The Morgan fingerprint density at radius 3 is 2.96 bits per heavy atom. The van der Waals surface area contributed by atoms with Gasteiger partial charge in [0.05, 0.1) is 17.3 Å². The normalized spacial score (nSPS) is 27.2. The lowest BCUT2D eigenvalue weighted by molar-refractivity contribution is -0.134. The number of aromatic nitrogens is 2. The van der Waals surface area contributed by atoms with Gasteiger partial charge in [0.15, 0.2) is 0 Å². The minimum atomic E-state index is -0.724. The summed E-state index contributed by atoms with van der Waals surface area (Å²) in [7, 11) is 0. The zero-order valence-corrected chi connectivity index (χ0v) is 14.2. The quantitative estimate of drug-likeness (QED) is 0.850. The Morgan fingerprint density at radius 1 is 1.33 bits per heavy atom. The predicted octanol–water partition coefficient (Wildman–Crippen LogP) is 2.99. The van der Waals surface area contributed by atoms with Crippen molar-refractivity contribution in [3.8, 4) is 0 Å². The molecule has 1 N–H and O–H groups in total. The third-order valence-corrected chi connectivity index (χ3v) is 5.51. The first-order chi connectivity index (χ1) is 11.5. The van der Waals surface area contributed by atoms with E-state index in [-0.39, 0.29) is 24.4 Å². The lowest BCUT2D eigenvalue weighted by Gasteiger charge is -2.36. The molecule has 3 heterocycles. The fraction of sp³-hybridized carbons (Fsp3) is 0.471. The summed E-state index contributed by atoms with van der Waals surface area (Å²) in [4.78, 5) is 31.1. The van der Waals surface area contributed by atoms with E-state index >= 15 is 0 Å². The maximum Gasteiger partial charge on any atom is 0.325 e. The van der Waals surface area contributed by atoms with Crippen molar-refractivity contribution in [2.24, 2.45) is 5.92 Å². The number of nitrogens with one attached hydrogen (secondary N) is 1. The number of nitrogens with zero attached hydrogens (tertiary/aromatic N) is 3. The van der Waals surface area contributed by atoms with Gasteiger partial charge in [-0.2, -0.15) is 0 Å². The van der Waals surface area contributed by atoms with Gasteiger partial charge in [-0.25, -0.2) is 9.78 Å². The number of hydrogen-bond donors (Lipinski definition) is 1. The molecule has 0 aromatic carbocycles. The van der Waals surface area contributed by atoms with Crippen LogP contribution < -0.4 is 5.32 Å². The minimum absolute atomic E-state index is 0.116. The second kappa shape index (κ2) is 5.48. The Balaban J connectivity index is 1.61. The molecule has 2 atom stereocenters. The van der Waals surface area contributed by atoms with Gasteiger partial charge in [-0.15, -0.1) is 0 Å². The lowest BCUT2D eigenvalue weighted by atomic mass is 9.73. The average molecular weight is 347 g/mol. The molecule has 24 heavy (non-hydrogen) atoms. The molecule has 1 aliphatic carbocycles. The van der Waals surface area contributed by atoms with Gasteiger partial charge in [-0.05, 0) is 30.9 Å². The van der Waals surface area contributed by atoms with Crippen LogP contribution in [-0.4, -0.2) is 31.8 Å². The van der Waals surface area contributed by atoms with Gasteiger partial charge in [-0.1, -0.05) is 31.4 Å². The van der Waals surface area contributed by atoms with Gasteiger partial charge in [-0.3, -0.25) is 9.69 Å². The zero-order chi connectivity index (χ0) is 16.9. The highest BCUT2D eigenvalue weighted by molar-refractivity contribution is 6.30. The molecule has 7 heteroatoms. The van der Waals surface area contributed by atoms with Gasteiger partial charge in [0.2, 0.25) is 0 Å². The highest BCUT2D eigenvalue weighted by Crippen LogP contribution is 2.38. The van der Waals surface area contributed by atoms with Gasteiger partial charge >= 0.3 is 6.03 Å². The number of pyridine rings is 1. The van der Waals surface area contributed by atoms with Gasteiger partial charge in [0.1, 0.15) is 11.2 Å². The number of imide groups is 1. The molecule has 1 spiro atoms. The van der Waals surface area contributed by atoms with Crippen molar-refractivity contribution in [1.29, 1.82) is 0 Å². The molecule has 2 fully saturated rings. The number of halogens is 1. The van der Waals surface area contributed by atoms with Crippen LogP contribution in [0.25, 0.3) is 5.65 Å². The van der Waals surface area contributed by atoms with Crippen molar-refractivity contribution >= 4 is 29.2 Å². The topological polar surface area (TPSA) is 66.7 Å². The second-order valence-corrected chi connectivity index (χ2v) is 7.22. The lowest BCUT2D eigenvalue weighted by Crippen LogP contribution is -2.53. The predicted molar refractivity (Wildman–Crippen MR) is 89.6 cm³/mol. The van der Waals surface area contributed by atoms with Crippen LogP contribution in [0.5, 0.6) is 0 Å². The summed E-state index contributed by atoms with van der Waals surface area (Å²) in [5.74, 6) is 0.0439. The maximum absolute atomic E-state index is 13.0. The molecular weight excluding hydrogens is 328 g/mol. The fourth-order valence-electron chi connectivity index (χ4n) is 3.89. The first-order valence-electron chi connectivity index (χ1n) is 8.27. The van der Waals surface area contributed by atoms with Crippen molar-refractivity contribution in [2.45, 2.75) is 44.7 Å². The number of carbonyl (C=O) groups is 2. The van der Waals surface area contributed by atoms with E-state index in [9.17, 15) is 9.59 Å². The molecule has 2 aliphatic rings. The van der Waals surface area contributed by atoms with Crippen molar-refractivity contribution in [3.05, 3.63) is 35.2 Å². The molecule has 1 aliphatic heterocycles. The first kappa shape index (κ1) is 15.4. The summed E-state index contributed by atoms with van der Waals surface area (Å²) in [5.41, 5.74) is 0.682. The van der Waals surface area contributed by atoms with Gasteiger partial charge in [0, 0.05) is 12.4 Å². The average Bonchev–Trinajstić information content (AvgIpc) is 3.04. The second-order valence-electron chi connectivity index (χ2n) is 6.78. The van der Waals surface area contributed by atoms with Crippen LogP contribution in [0.3, 0.4) is 0 Å². The molecule has 1 saturated carbocycles. The van der Waals surface area contributed by atoms with Gasteiger partial charge in [0.25, 0.3) is 5.91 Å². The summed E-state index contributed by atoms with van der Waals surface area (Å²) in [5, 5.41) is 3.57. The molecule has 0 radical (unpaired) electrons. The molecule has 6 nitrogen and oxygen atoms in total. The Labute approximate surface area is 144 Å². The maximum atomic E-state index is 13.0. The van der Waals surface area contributed by atoms with E-state index in [1.54, 1.807) is 22.9 Å². The summed E-state index contributed by atoms with van der Waals surface area (Å²) in [6.07, 6.45) is 7.32. The third-order valence-electron chi connectivity index (χ3n) is 5.29. The van der Waals surface area contributed by atoms with Crippen LogP contribution in [0, 0.1) is 5.92 Å². The van der Waals surface area contributed by atoms with Crippen LogP contribution in [0.2, 0.25) is 5.02 Å². The number of urea groups is 1. The van der Waals surface area contributed by atoms with Crippen molar-refractivity contribution in [2.75, 3.05) is 0 Å². The van der Waals surface area contributed by atoms with Crippen molar-refractivity contribution < 1.29 is 9.59 Å². The van der Waals surface area contributed by atoms with Crippen LogP contribution in [0.4, 0.5) is 4.79 Å². The molecular formula is C17H19ClN4O2. The van der Waals surface area contributed by atoms with E-state index in [1.807, 2.05) is 13.0 Å². The van der Waals surface area contributed by atoms with Crippen molar-refractivity contribution in [1.82, 2.24) is 19.6 Å². The minimum Gasteiger partial charge on any atom is -0.323 e. The van der Waals surface area contributed by atoms with Gasteiger partial charge < -0.3 is 9.72 Å². The highest BCUT2D eigenvalue weighted by Gasteiger charge is 2.54. The summed E-state index contributed by atoms with van der Waals surface area (Å²) < 4.78 is 1.80. The number of rotatable bonds is 2. The van der Waals surface area contributed by atoms with Crippen molar-refractivity contribution in [3.63, 3.8) is 0 Å². The summed E-state index contributed by atoms with van der Waals surface area (Å²) in [6, 6.07) is 3.26. The van der Waals surface area contributed by atoms with E-state index in [1.165, 1.54) is 4.90 Å². The van der Waals surface area contributed by atoms with E-state index in [4.69, 9.17) is 11.6 Å². The Hall–Kier alpha value is -2.08. The number of imidazole rings is 1. The van der Waals surface area contributed by atoms with E-state index in [2.05, 4.69) is 10.3 Å². The number of amides is 3.